The van der Waals surface area contributed by atoms with Crippen molar-refractivity contribution >= 4 is 0 Å². The van der Waals surface area contributed by atoms with Crippen LogP contribution >= 0.6 is 0 Å². The zero-order valence-corrected chi connectivity index (χ0v) is 22.7. The summed E-state index contributed by atoms with van der Waals surface area (Å²) in [5.74, 6) is -2.55. The molecule has 10 heteroatoms. The van der Waals surface area contributed by atoms with Crippen LogP contribution in [0.5, 0.6) is 34.9 Å². The van der Waals surface area contributed by atoms with Crippen LogP contribution in [0.15, 0.2) is 127 Å². The number of hydrogen-bond acceptors (Lipinski definition) is 6. The lowest BCUT2D eigenvalue weighted by molar-refractivity contribution is 0.251. The predicted octanol–water partition coefficient (Wildman–Crippen LogP) is 8.93. The highest BCUT2D eigenvalue weighted by atomic mass is 19.1. The maximum absolute atomic E-state index is 17.8. The fraction of sp³-hybridized carbons (Fsp3) is 0.0294. The van der Waals surface area contributed by atoms with E-state index in [1.807, 2.05) is 0 Å². The number of nitrogens with zero attached hydrogens (tertiary/aromatic N) is 3. The van der Waals surface area contributed by atoms with Crippen LogP contribution in [0, 0.1) is 17.5 Å². The Balaban J connectivity index is 1.45. The van der Waals surface area contributed by atoms with Crippen molar-refractivity contribution in [2.75, 3.05) is 0 Å². The van der Waals surface area contributed by atoms with Gasteiger partial charge < -0.3 is 14.2 Å². The van der Waals surface area contributed by atoms with Crippen LogP contribution < -0.4 is 14.2 Å². The smallest absolute Gasteiger partial charge is 0.236 e. The summed E-state index contributed by atoms with van der Waals surface area (Å²) < 4.78 is 77.6. The van der Waals surface area contributed by atoms with Crippen molar-refractivity contribution in [1.29, 1.82) is 0 Å². The van der Waals surface area contributed by atoms with Gasteiger partial charge in [0.05, 0.1) is 17.1 Å². The first kappa shape index (κ1) is 28.4. The predicted molar refractivity (Wildman–Crippen MR) is 153 cm³/mol. The Bertz CT molecular complexity index is 1720. The quantitative estimate of drug-likeness (QED) is 0.156. The molecule has 44 heavy (non-hydrogen) atoms. The highest BCUT2D eigenvalue weighted by Crippen LogP contribution is 2.41. The molecular weight excluding hydrogens is 574 g/mol. The Morgan fingerprint density at radius 2 is 0.682 bits per heavy atom. The summed E-state index contributed by atoms with van der Waals surface area (Å²) in [6.45, 7) is 0. The number of aromatic nitrogens is 3. The second-order valence-electron chi connectivity index (χ2n) is 9.34. The Hall–Kier alpha value is -5.77. The van der Waals surface area contributed by atoms with Crippen LogP contribution in [0.25, 0.3) is 0 Å². The van der Waals surface area contributed by atoms with Gasteiger partial charge in [0.1, 0.15) is 0 Å². The molecule has 3 aromatic carbocycles. The van der Waals surface area contributed by atoms with E-state index < -0.39 is 23.1 Å². The van der Waals surface area contributed by atoms with Gasteiger partial charge in [0.15, 0.2) is 34.7 Å². The molecule has 6 aromatic rings. The van der Waals surface area contributed by atoms with Crippen LogP contribution in [0.1, 0.15) is 17.1 Å². The highest BCUT2D eigenvalue weighted by molar-refractivity contribution is 5.43. The molecule has 0 saturated carbocycles. The third kappa shape index (κ3) is 5.91. The Morgan fingerprint density at radius 1 is 0.386 bits per heavy atom. The van der Waals surface area contributed by atoms with Crippen molar-refractivity contribution in [3.63, 3.8) is 0 Å². The summed E-state index contributed by atoms with van der Waals surface area (Å²) in [4.78, 5) is 13.0. The van der Waals surface area contributed by atoms with E-state index in [-0.39, 0.29) is 52.0 Å². The number of benzene rings is 3. The molecule has 0 aliphatic heterocycles. The number of ether oxygens (including phenoxy) is 3. The first-order chi connectivity index (χ1) is 21.4. The lowest BCUT2D eigenvalue weighted by Gasteiger charge is -2.25. The van der Waals surface area contributed by atoms with E-state index in [1.54, 1.807) is 18.2 Å². The van der Waals surface area contributed by atoms with Crippen molar-refractivity contribution in [3.8, 4) is 34.9 Å². The monoisotopic (exact) mass is 595 g/mol. The van der Waals surface area contributed by atoms with Gasteiger partial charge in [-0.25, -0.2) is 32.5 Å². The Labute approximate surface area is 249 Å². The van der Waals surface area contributed by atoms with Crippen LogP contribution in [-0.4, -0.2) is 15.0 Å². The average Bonchev–Trinajstić information content (AvgIpc) is 3.04. The molecule has 0 spiro atoms. The molecule has 218 valence electrons. The molecule has 6 nitrogen and oxygen atoms in total. The molecule has 0 saturated heterocycles. The highest BCUT2D eigenvalue weighted by Gasteiger charge is 2.42. The van der Waals surface area contributed by atoms with Crippen molar-refractivity contribution < 1.29 is 31.8 Å². The van der Waals surface area contributed by atoms with E-state index in [4.69, 9.17) is 14.2 Å². The number of hydrogen-bond donors (Lipinski definition) is 0. The van der Waals surface area contributed by atoms with Crippen molar-refractivity contribution in [1.82, 2.24) is 15.0 Å². The number of halogens is 4. The number of rotatable bonds is 9. The molecule has 3 heterocycles. The van der Waals surface area contributed by atoms with Gasteiger partial charge in [0.25, 0.3) is 0 Å². The molecule has 0 amide bonds. The maximum atomic E-state index is 17.8. The number of para-hydroxylation sites is 3. The summed E-state index contributed by atoms with van der Waals surface area (Å²) in [6, 6.07) is 30.0. The van der Waals surface area contributed by atoms with Gasteiger partial charge in [-0.2, -0.15) is 0 Å². The van der Waals surface area contributed by atoms with E-state index in [0.717, 1.165) is 0 Å². The summed E-state index contributed by atoms with van der Waals surface area (Å²) in [6.07, 6.45) is 0. The van der Waals surface area contributed by atoms with Crippen molar-refractivity contribution in [3.05, 3.63) is 162 Å². The Kier molecular flexibility index (Phi) is 7.88. The molecule has 0 unspecified atom stereocenters. The van der Waals surface area contributed by atoms with Gasteiger partial charge in [0.2, 0.25) is 23.3 Å². The fourth-order valence-corrected chi connectivity index (χ4v) is 4.30. The Morgan fingerprint density at radius 3 is 0.977 bits per heavy atom. The molecule has 0 N–H and O–H groups in total. The van der Waals surface area contributed by atoms with Crippen LogP contribution in [0.4, 0.5) is 17.6 Å². The van der Waals surface area contributed by atoms with Crippen LogP contribution in [-0.2, 0) is 5.67 Å². The minimum Gasteiger partial charge on any atom is -0.436 e. The normalized spacial score (nSPS) is 11.2. The molecule has 0 aliphatic carbocycles. The van der Waals surface area contributed by atoms with Crippen LogP contribution in [0.2, 0.25) is 0 Å². The van der Waals surface area contributed by atoms with E-state index >= 15 is 4.39 Å². The lowest BCUT2D eigenvalue weighted by atomic mass is 9.91. The molecule has 0 atom stereocenters. The first-order valence-corrected chi connectivity index (χ1v) is 13.3. The van der Waals surface area contributed by atoms with Gasteiger partial charge >= 0.3 is 0 Å². The molecule has 6 rings (SSSR count). The molecule has 3 aromatic heterocycles. The third-order valence-corrected chi connectivity index (χ3v) is 6.38. The largest absolute Gasteiger partial charge is 0.436 e. The zero-order valence-electron chi connectivity index (χ0n) is 22.7. The third-order valence-electron chi connectivity index (χ3n) is 6.38. The number of alkyl halides is 1. The SMILES string of the molecule is Fc1ccccc1Oc1cccc(C(F)(c2cccc(Oc3ccccc3F)n2)c2cccc(Oc3ccccc3F)n2)n1. The summed E-state index contributed by atoms with van der Waals surface area (Å²) in [5, 5.41) is 0. The summed E-state index contributed by atoms with van der Waals surface area (Å²) in [7, 11) is 0. The minimum atomic E-state index is -2.68. The zero-order chi connectivity index (χ0) is 30.5. The fourth-order valence-electron chi connectivity index (χ4n) is 4.30. The van der Waals surface area contributed by atoms with E-state index in [2.05, 4.69) is 15.0 Å². The first-order valence-electron chi connectivity index (χ1n) is 13.3. The topological polar surface area (TPSA) is 66.4 Å². The minimum absolute atomic E-state index is 0.104. The second-order valence-corrected chi connectivity index (χ2v) is 9.34. The molecule has 0 fully saturated rings. The lowest BCUT2D eigenvalue weighted by Crippen LogP contribution is -2.28. The number of pyridine rings is 3. The standard InChI is InChI=1S/C34H21F4N3O3/c35-22-10-1-4-13-25(22)42-31-19-7-16-28(39-31)34(38,29-17-8-20-32(40-29)43-26-14-5-2-11-23(26)36)30-18-9-21-33(41-30)44-27-15-6-3-12-24(27)37/h1-21H. The molecular formula is C34H21F4N3O3. The van der Waals surface area contributed by atoms with Gasteiger partial charge in [0, 0.05) is 18.2 Å². The summed E-state index contributed by atoms with van der Waals surface area (Å²) in [5.41, 5.74) is -3.36. The van der Waals surface area contributed by atoms with Crippen LogP contribution in [0.3, 0.4) is 0 Å². The van der Waals surface area contributed by atoms with Crippen molar-refractivity contribution in [2.45, 2.75) is 5.67 Å². The van der Waals surface area contributed by atoms with Crippen molar-refractivity contribution in [2.24, 2.45) is 0 Å². The van der Waals surface area contributed by atoms with Gasteiger partial charge in [-0.05, 0) is 54.6 Å². The maximum Gasteiger partial charge on any atom is 0.236 e. The van der Waals surface area contributed by atoms with E-state index in [9.17, 15) is 13.2 Å². The molecule has 0 radical (unpaired) electrons. The van der Waals surface area contributed by atoms with Gasteiger partial charge in [-0.1, -0.05) is 54.6 Å². The molecule has 0 aliphatic rings. The van der Waals surface area contributed by atoms with Gasteiger partial charge in [-0.3, -0.25) is 0 Å². The van der Waals surface area contributed by atoms with E-state index in [0.29, 0.717) is 0 Å². The van der Waals surface area contributed by atoms with Gasteiger partial charge in [-0.15, -0.1) is 0 Å². The molecule has 0 bridgehead atoms. The second kappa shape index (κ2) is 12.2. The van der Waals surface area contributed by atoms with E-state index in [1.165, 1.54) is 109 Å². The average molecular weight is 596 g/mol. The summed E-state index contributed by atoms with van der Waals surface area (Å²) >= 11 is 0.